The normalized spacial score (nSPS) is 18.6. The van der Waals surface area contributed by atoms with Gasteiger partial charge in [-0.15, -0.1) is 0 Å². The molecule has 20 heavy (non-hydrogen) atoms. The van der Waals surface area contributed by atoms with E-state index in [0.717, 1.165) is 5.69 Å². The zero-order valence-electron chi connectivity index (χ0n) is 11.2. The van der Waals surface area contributed by atoms with Gasteiger partial charge >= 0.3 is 5.97 Å². The van der Waals surface area contributed by atoms with Crippen molar-refractivity contribution in [3.8, 4) is 0 Å². The van der Waals surface area contributed by atoms with Crippen LogP contribution in [0.25, 0.3) is 0 Å². The number of pyridine rings is 1. The number of nitrogens with two attached hydrogens (primary N) is 1. The van der Waals surface area contributed by atoms with Crippen LogP contribution < -0.4 is 10.6 Å². The van der Waals surface area contributed by atoms with Gasteiger partial charge in [-0.1, -0.05) is 12.2 Å². The Hall–Kier alpha value is -1.73. The van der Waals surface area contributed by atoms with Crippen LogP contribution in [0, 0.1) is 0 Å². The molecule has 0 spiro atoms. The maximum absolute atomic E-state index is 11.3. The molecule has 1 saturated heterocycles. The lowest BCUT2D eigenvalue weighted by molar-refractivity contribution is -0.144. The molecular formula is C13H17N3O3S. The molecular weight excluding hydrogens is 278 g/mol. The Morgan fingerprint density at radius 1 is 1.70 bits per heavy atom. The first-order valence-corrected chi connectivity index (χ1v) is 6.71. The summed E-state index contributed by atoms with van der Waals surface area (Å²) in [5.41, 5.74) is 7.17. The molecule has 0 aromatic carbocycles. The minimum Gasteiger partial charge on any atom is -0.469 e. The second-order valence-electron chi connectivity index (χ2n) is 4.45. The average molecular weight is 295 g/mol. The summed E-state index contributed by atoms with van der Waals surface area (Å²) < 4.78 is 10.2. The number of morpholine rings is 1. The van der Waals surface area contributed by atoms with Crippen molar-refractivity contribution >= 4 is 28.9 Å². The molecule has 1 aliphatic rings. The smallest absolute Gasteiger partial charge is 0.308 e. The van der Waals surface area contributed by atoms with Gasteiger partial charge in [-0.3, -0.25) is 9.78 Å². The molecule has 7 heteroatoms. The second-order valence-corrected chi connectivity index (χ2v) is 4.89. The number of carbonyl (C=O) groups is 1. The summed E-state index contributed by atoms with van der Waals surface area (Å²) in [7, 11) is 1.37. The standard InChI is InChI=1S/C13H17N3O3S/c1-18-11(17)7-9-8-16(5-6-19-9)10-3-2-4-15-12(10)13(14)20/h2-4,9H,5-8H2,1H3,(H2,14,20). The summed E-state index contributed by atoms with van der Waals surface area (Å²) in [6.45, 7) is 1.82. The number of aromatic nitrogens is 1. The number of nitrogens with zero attached hydrogens (tertiary/aromatic N) is 2. The van der Waals surface area contributed by atoms with Crippen LogP contribution in [-0.2, 0) is 14.3 Å². The molecule has 2 N–H and O–H groups in total. The highest BCUT2D eigenvalue weighted by Crippen LogP contribution is 2.22. The summed E-state index contributed by atoms with van der Waals surface area (Å²) in [4.78, 5) is 17.9. The highest BCUT2D eigenvalue weighted by atomic mass is 32.1. The maximum Gasteiger partial charge on any atom is 0.308 e. The van der Waals surface area contributed by atoms with E-state index in [1.165, 1.54) is 7.11 Å². The number of thiocarbonyl (C=S) groups is 1. The Morgan fingerprint density at radius 3 is 3.20 bits per heavy atom. The van der Waals surface area contributed by atoms with Gasteiger partial charge in [-0.2, -0.15) is 0 Å². The van der Waals surface area contributed by atoms with E-state index < -0.39 is 0 Å². The molecule has 1 unspecified atom stereocenters. The minimum absolute atomic E-state index is 0.199. The van der Waals surface area contributed by atoms with Crippen molar-refractivity contribution in [1.29, 1.82) is 0 Å². The number of hydrogen-bond acceptors (Lipinski definition) is 6. The van der Waals surface area contributed by atoms with Crippen LogP contribution in [0.3, 0.4) is 0 Å². The van der Waals surface area contributed by atoms with Crippen molar-refractivity contribution in [2.75, 3.05) is 31.7 Å². The van der Waals surface area contributed by atoms with Crippen molar-refractivity contribution in [3.63, 3.8) is 0 Å². The fourth-order valence-electron chi connectivity index (χ4n) is 2.17. The van der Waals surface area contributed by atoms with Crippen LogP contribution >= 0.6 is 12.2 Å². The van der Waals surface area contributed by atoms with Gasteiger partial charge in [0.05, 0.1) is 31.9 Å². The Balaban J connectivity index is 2.13. The number of carbonyl (C=O) groups excluding carboxylic acids is 1. The molecule has 0 radical (unpaired) electrons. The molecule has 2 rings (SSSR count). The highest BCUT2D eigenvalue weighted by molar-refractivity contribution is 7.80. The first-order chi connectivity index (χ1) is 9.61. The summed E-state index contributed by atoms with van der Waals surface area (Å²) in [6, 6.07) is 3.75. The Morgan fingerprint density at radius 2 is 2.50 bits per heavy atom. The SMILES string of the molecule is COC(=O)CC1CN(c2cccnc2C(N)=S)CCO1. The highest BCUT2D eigenvalue weighted by Gasteiger charge is 2.25. The number of ether oxygens (including phenoxy) is 2. The van der Waals surface area contributed by atoms with Gasteiger partial charge in [0.2, 0.25) is 0 Å². The van der Waals surface area contributed by atoms with E-state index in [-0.39, 0.29) is 23.5 Å². The molecule has 0 amide bonds. The van der Waals surface area contributed by atoms with Crippen LogP contribution in [0.5, 0.6) is 0 Å². The summed E-state index contributed by atoms with van der Waals surface area (Å²) in [5.74, 6) is -0.280. The lowest BCUT2D eigenvalue weighted by atomic mass is 10.1. The van der Waals surface area contributed by atoms with Gasteiger partial charge in [-0.25, -0.2) is 0 Å². The van der Waals surface area contributed by atoms with E-state index in [2.05, 4.69) is 14.6 Å². The molecule has 1 atom stereocenters. The summed E-state index contributed by atoms with van der Waals surface area (Å²) in [5, 5.41) is 0. The second kappa shape index (κ2) is 6.62. The minimum atomic E-state index is -0.280. The van der Waals surface area contributed by atoms with Crippen LogP contribution in [0.2, 0.25) is 0 Å². The molecule has 1 aliphatic heterocycles. The molecule has 2 heterocycles. The number of methoxy groups -OCH3 is 1. The van der Waals surface area contributed by atoms with E-state index in [4.69, 9.17) is 22.7 Å². The van der Waals surface area contributed by atoms with Gasteiger partial charge in [0.15, 0.2) is 0 Å². The molecule has 1 fully saturated rings. The van der Waals surface area contributed by atoms with E-state index in [9.17, 15) is 4.79 Å². The van der Waals surface area contributed by atoms with Crippen molar-refractivity contribution in [2.24, 2.45) is 5.73 Å². The molecule has 0 bridgehead atoms. The van der Waals surface area contributed by atoms with Crippen LogP contribution in [0.4, 0.5) is 5.69 Å². The number of esters is 1. The van der Waals surface area contributed by atoms with Gasteiger partial charge < -0.3 is 20.1 Å². The predicted octanol–water partition coefficient (Wildman–Crippen LogP) is 0.484. The van der Waals surface area contributed by atoms with Gasteiger partial charge in [0.1, 0.15) is 10.7 Å². The monoisotopic (exact) mass is 295 g/mol. The van der Waals surface area contributed by atoms with E-state index >= 15 is 0 Å². The Labute approximate surface area is 122 Å². The van der Waals surface area contributed by atoms with Crippen molar-refractivity contribution in [3.05, 3.63) is 24.0 Å². The maximum atomic E-state index is 11.3. The Bertz CT molecular complexity index is 509. The van der Waals surface area contributed by atoms with Crippen molar-refractivity contribution in [2.45, 2.75) is 12.5 Å². The molecule has 6 nitrogen and oxygen atoms in total. The summed E-state index contributed by atoms with van der Waals surface area (Å²) in [6.07, 6.45) is 1.69. The fourth-order valence-corrected chi connectivity index (χ4v) is 2.33. The van der Waals surface area contributed by atoms with Crippen molar-refractivity contribution < 1.29 is 14.3 Å². The van der Waals surface area contributed by atoms with Gasteiger partial charge in [-0.05, 0) is 12.1 Å². The largest absolute Gasteiger partial charge is 0.469 e. The third-order valence-corrected chi connectivity index (χ3v) is 3.31. The lowest BCUT2D eigenvalue weighted by Gasteiger charge is -2.34. The lowest BCUT2D eigenvalue weighted by Crippen LogP contribution is -2.44. The first-order valence-electron chi connectivity index (χ1n) is 6.30. The van der Waals surface area contributed by atoms with Crippen molar-refractivity contribution in [1.82, 2.24) is 4.98 Å². The first kappa shape index (κ1) is 14.7. The number of rotatable bonds is 4. The predicted molar refractivity (Wildman–Crippen MR) is 78.7 cm³/mol. The average Bonchev–Trinajstić information content (AvgIpc) is 2.47. The van der Waals surface area contributed by atoms with E-state index in [1.807, 2.05) is 12.1 Å². The summed E-state index contributed by atoms with van der Waals surface area (Å²) >= 11 is 5.02. The molecule has 0 saturated carbocycles. The Kier molecular flexibility index (Phi) is 4.86. The van der Waals surface area contributed by atoms with Crippen LogP contribution in [-0.4, -0.2) is 48.9 Å². The molecule has 1 aromatic rings. The molecule has 1 aromatic heterocycles. The topological polar surface area (TPSA) is 77.7 Å². The zero-order chi connectivity index (χ0) is 14.5. The third kappa shape index (κ3) is 3.43. The van der Waals surface area contributed by atoms with E-state index in [0.29, 0.717) is 25.4 Å². The molecule has 0 aliphatic carbocycles. The van der Waals surface area contributed by atoms with Crippen LogP contribution in [0.15, 0.2) is 18.3 Å². The molecule has 108 valence electrons. The zero-order valence-corrected chi connectivity index (χ0v) is 12.1. The van der Waals surface area contributed by atoms with Crippen LogP contribution in [0.1, 0.15) is 12.1 Å². The van der Waals surface area contributed by atoms with Gasteiger partial charge in [0.25, 0.3) is 0 Å². The fraction of sp³-hybridized carbons (Fsp3) is 0.462. The quantitative estimate of drug-likeness (QED) is 0.639. The number of hydrogen-bond donors (Lipinski definition) is 1. The number of anilines is 1. The van der Waals surface area contributed by atoms with E-state index in [1.54, 1.807) is 6.20 Å². The van der Waals surface area contributed by atoms with Gasteiger partial charge in [0, 0.05) is 19.3 Å². The third-order valence-electron chi connectivity index (χ3n) is 3.12.